The average molecular weight is 515 g/mol. The number of aryl methyl sites for hydroxylation is 1. The van der Waals surface area contributed by atoms with Gasteiger partial charge in [-0.05, 0) is 56.3 Å². The first-order valence-electron chi connectivity index (χ1n) is 13.5. The number of hydrogen-bond acceptors (Lipinski definition) is 5. The predicted molar refractivity (Wildman–Crippen MR) is 150 cm³/mol. The van der Waals surface area contributed by atoms with E-state index in [0.29, 0.717) is 30.7 Å². The molecule has 2 fully saturated rings. The quantitative estimate of drug-likeness (QED) is 0.443. The van der Waals surface area contributed by atoms with Crippen LogP contribution in [-0.4, -0.2) is 82.9 Å². The summed E-state index contributed by atoms with van der Waals surface area (Å²) < 4.78 is 4.00. The number of nitrogens with one attached hydrogen (secondary N) is 1. The van der Waals surface area contributed by atoms with Gasteiger partial charge in [0.15, 0.2) is 0 Å². The molecule has 4 aromatic rings. The van der Waals surface area contributed by atoms with Gasteiger partial charge < -0.3 is 24.6 Å². The highest BCUT2D eigenvalue weighted by Gasteiger charge is 2.25. The Morgan fingerprint density at radius 2 is 1.61 bits per heavy atom. The van der Waals surface area contributed by atoms with E-state index < -0.39 is 0 Å². The molecule has 198 valence electrons. The van der Waals surface area contributed by atoms with Crippen molar-refractivity contribution in [3.8, 4) is 0 Å². The Bertz CT molecular complexity index is 1610. The minimum atomic E-state index is -0.330. The van der Waals surface area contributed by atoms with E-state index in [-0.39, 0.29) is 22.8 Å². The van der Waals surface area contributed by atoms with E-state index in [4.69, 9.17) is 0 Å². The summed E-state index contributed by atoms with van der Waals surface area (Å²) in [5.41, 5.74) is 4.20. The van der Waals surface area contributed by atoms with Gasteiger partial charge >= 0.3 is 0 Å². The Morgan fingerprint density at radius 3 is 2.32 bits per heavy atom. The van der Waals surface area contributed by atoms with Crippen LogP contribution in [-0.2, 0) is 11.8 Å². The van der Waals surface area contributed by atoms with Crippen molar-refractivity contribution in [1.29, 1.82) is 0 Å². The van der Waals surface area contributed by atoms with Gasteiger partial charge in [0.1, 0.15) is 11.2 Å². The van der Waals surface area contributed by atoms with Crippen LogP contribution in [0.25, 0.3) is 27.6 Å². The van der Waals surface area contributed by atoms with Gasteiger partial charge in [-0.1, -0.05) is 12.1 Å². The summed E-state index contributed by atoms with van der Waals surface area (Å²) >= 11 is 0. The van der Waals surface area contributed by atoms with Crippen LogP contribution in [0.15, 0.2) is 47.3 Å². The molecular formula is C29H34N6O3. The molecule has 2 aromatic heterocycles. The number of benzene rings is 2. The van der Waals surface area contributed by atoms with Crippen molar-refractivity contribution in [2.24, 2.45) is 7.05 Å². The van der Waals surface area contributed by atoms with Crippen molar-refractivity contribution in [2.45, 2.75) is 19.8 Å². The summed E-state index contributed by atoms with van der Waals surface area (Å²) in [5.74, 6) is -0.234. The molecule has 2 amide bonds. The first-order valence-corrected chi connectivity index (χ1v) is 13.5. The van der Waals surface area contributed by atoms with Crippen LogP contribution in [0.3, 0.4) is 0 Å². The Balaban J connectivity index is 1.45. The van der Waals surface area contributed by atoms with Gasteiger partial charge in [-0.25, -0.2) is 0 Å². The molecule has 0 bridgehead atoms. The monoisotopic (exact) mass is 514 g/mol. The lowest BCUT2D eigenvalue weighted by molar-refractivity contribution is -0.129. The van der Waals surface area contributed by atoms with E-state index in [1.165, 1.54) is 12.8 Å². The predicted octanol–water partition coefficient (Wildman–Crippen LogP) is 2.44. The Labute approximate surface area is 221 Å². The van der Waals surface area contributed by atoms with Gasteiger partial charge in [-0.2, -0.15) is 0 Å². The molecule has 2 aromatic carbocycles. The van der Waals surface area contributed by atoms with E-state index in [2.05, 4.69) is 25.6 Å². The maximum absolute atomic E-state index is 13.9. The molecule has 0 atom stereocenters. The number of fused-ring (bicyclic) bond motifs is 5. The van der Waals surface area contributed by atoms with Gasteiger partial charge in [0, 0.05) is 64.3 Å². The van der Waals surface area contributed by atoms with Gasteiger partial charge in [-0.15, -0.1) is 0 Å². The van der Waals surface area contributed by atoms with Crippen molar-refractivity contribution in [2.75, 3.05) is 57.3 Å². The maximum atomic E-state index is 13.9. The summed E-state index contributed by atoms with van der Waals surface area (Å²) in [7, 11) is 1.91. The highest BCUT2D eigenvalue weighted by atomic mass is 16.2. The standard InChI is InChI=1S/C29H34N6O3/c1-20(36)33-15-17-34(18-16-33)21-9-10-22-25(19-21)35-24-8-4-3-7-23(24)31(2)29(35)26(27(22)37)28(38)30-11-14-32-12-5-6-13-32/h3-4,7-10,19H,5-6,11-18H2,1-2H3,(H,30,38). The number of amides is 2. The number of piperazine rings is 1. The zero-order valence-electron chi connectivity index (χ0n) is 22.1. The molecule has 0 aliphatic carbocycles. The van der Waals surface area contributed by atoms with E-state index in [1.807, 2.05) is 52.9 Å². The van der Waals surface area contributed by atoms with Gasteiger partial charge in [-0.3, -0.25) is 18.8 Å². The van der Waals surface area contributed by atoms with Crippen molar-refractivity contribution in [3.63, 3.8) is 0 Å². The number of anilines is 1. The molecular weight excluding hydrogens is 480 g/mol. The summed E-state index contributed by atoms with van der Waals surface area (Å²) in [4.78, 5) is 45.6. The summed E-state index contributed by atoms with van der Waals surface area (Å²) in [6, 6.07) is 13.8. The van der Waals surface area contributed by atoms with Crippen LogP contribution in [0.4, 0.5) is 5.69 Å². The summed E-state index contributed by atoms with van der Waals surface area (Å²) in [6.07, 6.45) is 2.40. The molecule has 2 aliphatic rings. The zero-order chi connectivity index (χ0) is 26.4. The zero-order valence-corrected chi connectivity index (χ0v) is 22.1. The number of rotatable bonds is 5. The summed E-state index contributed by atoms with van der Waals surface area (Å²) in [6.45, 7) is 7.85. The fourth-order valence-electron chi connectivity index (χ4n) is 6.07. The van der Waals surface area contributed by atoms with Crippen LogP contribution in [0.1, 0.15) is 30.1 Å². The number of para-hydroxylation sites is 2. The van der Waals surface area contributed by atoms with Gasteiger partial charge in [0.05, 0.1) is 16.6 Å². The van der Waals surface area contributed by atoms with Crippen molar-refractivity contribution >= 4 is 45.1 Å². The molecule has 6 rings (SSSR count). The lowest BCUT2D eigenvalue weighted by atomic mass is 10.1. The fraction of sp³-hybridized carbons (Fsp3) is 0.414. The first-order chi connectivity index (χ1) is 18.4. The first kappa shape index (κ1) is 24.5. The van der Waals surface area contributed by atoms with Crippen LogP contribution in [0, 0.1) is 0 Å². The molecule has 0 spiro atoms. The fourth-order valence-corrected chi connectivity index (χ4v) is 6.07. The molecule has 4 heterocycles. The lowest BCUT2D eigenvalue weighted by Crippen LogP contribution is -2.48. The molecule has 9 heteroatoms. The molecule has 0 unspecified atom stereocenters. The smallest absolute Gasteiger partial charge is 0.259 e. The van der Waals surface area contributed by atoms with Crippen molar-refractivity contribution in [1.82, 2.24) is 24.1 Å². The third kappa shape index (κ3) is 4.11. The second-order valence-electron chi connectivity index (χ2n) is 10.4. The number of aromatic nitrogens is 2. The number of likely N-dealkylation sites (tertiary alicyclic amines) is 1. The van der Waals surface area contributed by atoms with E-state index in [1.54, 1.807) is 6.92 Å². The minimum Gasteiger partial charge on any atom is -0.368 e. The van der Waals surface area contributed by atoms with E-state index in [0.717, 1.165) is 55.0 Å². The normalized spacial score (nSPS) is 16.7. The largest absolute Gasteiger partial charge is 0.368 e. The Hall–Kier alpha value is -3.85. The maximum Gasteiger partial charge on any atom is 0.259 e. The minimum absolute atomic E-state index is 0.0958. The highest BCUT2D eigenvalue weighted by Crippen LogP contribution is 2.29. The molecule has 2 aliphatic heterocycles. The molecule has 2 saturated heterocycles. The Morgan fingerprint density at radius 1 is 0.895 bits per heavy atom. The van der Waals surface area contributed by atoms with E-state index >= 15 is 0 Å². The van der Waals surface area contributed by atoms with Gasteiger partial charge in [0.25, 0.3) is 5.91 Å². The molecule has 9 nitrogen and oxygen atoms in total. The molecule has 1 N–H and O–H groups in total. The van der Waals surface area contributed by atoms with Crippen LogP contribution < -0.4 is 15.6 Å². The summed E-state index contributed by atoms with van der Waals surface area (Å²) in [5, 5.41) is 3.55. The molecule has 0 radical (unpaired) electrons. The van der Waals surface area contributed by atoms with Crippen molar-refractivity contribution in [3.05, 3.63) is 58.3 Å². The number of hydrogen-bond donors (Lipinski definition) is 1. The highest BCUT2D eigenvalue weighted by molar-refractivity contribution is 6.06. The van der Waals surface area contributed by atoms with Gasteiger partial charge in [0.2, 0.25) is 11.3 Å². The number of imidazole rings is 1. The Kier molecular flexibility index (Phi) is 6.31. The lowest BCUT2D eigenvalue weighted by Gasteiger charge is -2.35. The number of carbonyl (C=O) groups is 2. The number of nitrogens with zero attached hydrogens (tertiary/aromatic N) is 5. The molecule has 0 saturated carbocycles. The third-order valence-electron chi connectivity index (χ3n) is 8.16. The number of carbonyl (C=O) groups excluding carboxylic acids is 2. The average Bonchev–Trinajstić information content (AvgIpc) is 3.55. The van der Waals surface area contributed by atoms with Crippen LogP contribution in [0.2, 0.25) is 0 Å². The van der Waals surface area contributed by atoms with Crippen LogP contribution in [0.5, 0.6) is 0 Å². The van der Waals surface area contributed by atoms with Crippen LogP contribution >= 0.6 is 0 Å². The third-order valence-corrected chi connectivity index (χ3v) is 8.16. The SMILES string of the molecule is CC(=O)N1CCN(c2ccc3c(=O)c(C(=O)NCCN4CCCC4)c4n(C)c5ccccc5n4c3c2)CC1. The second kappa shape index (κ2) is 9.79. The second-order valence-corrected chi connectivity index (χ2v) is 10.4. The number of pyridine rings is 1. The molecule has 38 heavy (non-hydrogen) atoms. The topological polar surface area (TPSA) is 82.3 Å². The van der Waals surface area contributed by atoms with E-state index in [9.17, 15) is 14.4 Å². The van der Waals surface area contributed by atoms with Crippen molar-refractivity contribution < 1.29 is 9.59 Å².